The fraction of sp³-hybridized carbons (Fsp3) is 0.0714. The predicted octanol–water partition coefficient (Wildman–Crippen LogP) is 4.00. The summed E-state index contributed by atoms with van der Waals surface area (Å²) in [7, 11) is 0. The lowest BCUT2D eigenvalue weighted by atomic mass is 10.0. The molecule has 0 saturated carbocycles. The highest BCUT2D eigenvalue weighted by Gasteiger charge is 2.10. The Morgan fingerprint density at radius 2 is 2.06 bits per heavy atom. The van der Waals surface area contributed by atoms with Gasteiger partial charge in [-0.3, -0.25) is 4.98 Å². The molecule has 0 aliphatic rings. The maximum absolute atomic E-state index is 6.25. The first-order chi connectivity index (χ1) is 8.74. The summed E-state index contributed by atoms with van der Waals surface area (Å²) in [5.41, 5.74) is 9.27. The molecule has 3 rings (SSSR count). The molecule has 0 fully saturated rings. The first-order valence-corrected chi connectivity index (χ1v) is 6.84. The summed E-state index contributed by atoms with van der Waals surface area (Å²) >= 11 is 7.66. The Kier molecular flexibility index (Phi) is 3.04. The van der Waals surface area contributed by atoms with Crippen molar-refractivity contribution in [2.75, 3.05) is 0 Å². The van der Waals surface area contributed by atoms with Gasteiger partial charge in [0.25, 0.3) is 0 Å². The Hall–Kier alpha value is -1.42. The van der Waals surface area contributed by atoms with Crippen LogP contribution in [-0.2, 0) is 0 Å². The number of hydrogen-bond donors (Lipinski definition) is 1. The van der Waals surface area contributed by atoms with Crippen LogP contribution in [0.2, 0.25) is 5.02 Å². The highest BCUT2D eigenvalue weighted by atomic mass is 35.5. The van der Waals surface area contributed by atoms with Crippen LogP contribution in [0, 0.1) is 0 Å². The molecule has 2 heterocycles. The van der Waals surface area contributed by atoms with Crippen LogP contribution < -0.4 is 5.73 Å². The van der Waals surface area contributed by atoms with E-state index in [4.69, 9.17) is 17.3 Å². The number of aromatic nitrogens is 1. The van der Waals surface area contributed by atoms with E-state index in [0.717, 1.165) is 21.3 Å². The SMILES string of the molecule is NC(c1cccc(Cl)c1)c1cnc2ccsc2c1. The number of fused-ring (bicyclic) bond motifs is 1. The molecule has 0 aliphatic carbocycles. The van der Waals surface area contributed by atoms with Crippen molar-refractivity contribution in [3.8, 4) is 0 Å². The molecule has 1 atom stereocenters. The summed E-state index contributed by atoms with van der Waals surface area (Å²) in [6.45, 7) is 0. The number of hydrogen-bond acceptors (Lipinski definition) is 3. The van der Waals surface area contributed by atoms with Gasteiger partial charge < -0.3 is 5.73 Å². The molecule has 0 saturated heterocycles. The highest BCUT2D eigenvalue weighted by molar-refractivity contribution is 7.17. The molecule has 0 bridgehead atoms. The summed E-state index contributed by atoms with van der Waals surface area (Å²) in [6.07, 6.45) is 1.83. The highest BCUT2D eigenvalue weighted by Crippen LogP contribution is 2.26. The third kappa shape index (κ3) is 2.12. The van der Waals surface area contributed by atoms with Gasteiger partial charge in [0.1, 0.15) is 0 Å². The van der Waals surface area contributed by atoms with E-state index in [-0.39, 0.29) is 6.04 Å². The van der Waals surface area contributed by atoms with Crippen LogP contribution in [0.3, 0.4) is 0 Å². The molecule has 2 N–H and O–H groups in total. The monoisotopic (exact) mass is 274 g/mol. The number of pyridine rings is 1. The van der Waals surface area contributed by atoms with Crippen molar-refractivity contribution in [2.45, 2.75) is 6.04 Å². The summed E-state index contributed by atoms with van der Waals surface area (Å²) in [6, 6.07) is 11.5. The Morgan fingerprint density at radius 3 is 2.89 bits per heavy atom. The second-order valence-corrected chi connectivity index (χ2v) is 5.49. The first kappa shape index (κ1) is 11.7. The zero-order valence-corrected chi connectivity index (χ0v) is 11.1. The van der Waals surface area contributed by atoms with Crippen molar-refractivity contribution >= 4 is 33.2 Å². The number of rotatable bonds is 2. The van der Waals surface area contributed by atoms with Crippen LogP contribution in [0.15, 0.2) is 48.0 Å². The van der Waals surface area contributed by atoms with E-state index >= 15 is 0 Å². The third-order valence-electron chi connectivity index (χ3n) is 2.89. The van der Waals surface area contributed by atoms with Crippen LogP contribution in [0.5, 0.6) is 0 Å². The molecular formula is C14H11ClN2S. The smallest absolute Gasteiger partial charge is 0.0809 e. The van der Waals surface area contributed by atoms with E-state index in [9.17, 15) is 0 Å². The quantitative estimate of drug-likeness (QED) is 0.767. The molecule has 0 amide bonds. The third-order valence-corrected chi connectivity index (χ3v) is 3.98. The van der Waals surface area contributed by atoms with E-state index in [2.05, 4.69) is 11.1 Å². The van der Waals surface area contributed by atoms with E-state index in [1.165, 1.54) is 0 Å². The summed E-state index contributed by atoms with van der Waals surface area (Å²) in [5, 5.41) is 2.74. The van der Waals surface area contributed by atoms with E-state index in [1.807, 2.05) is 41.9 Å². The number of nitrogens with zero attached hydrogens (tertiary/aromatic N) is 1. The van der Waals surface area contributed by atoms with Gasteiger partial charge in [0.2, 0.25) is 0 Å². The molecule has 4 heteroatoms. The molecular weight excluding hydrogens is 264 g/mol. The molecule has 2 nitrogen and oxygen atoms in total. The Balaban J connectivity index is 2.02. The normalized spacial score (nSPS) is 12.8. The largest absolute Gasteiger partial charge is 0.320 e. The van der Waals surface area contributed by atoms with Gasteiger partial charge in [-0.2, -0.15) is 0 Å². The van der Waals surface area contributed by atoms with Gasteiger partial charge >= 0.3 is 0 Å². The predicted molar refractivity (Wildman–Crippen MR) is 77.1 cm³/mol. The summed E-state index contributed by atoms with van der Waals surface area (Å²) < 4.78 is 1.16. The van der Waals surface area contributed by atoms with Crippen molar-refractivity contribution in [2.24, 2.45) is 5.73 Å². The van der Waals surface area contributed by atoms with Crippen LogP contribution in [0.25, 0.3) is 10.2 Å². The molecule has 0 radical (unpaired) electrons. The molecule has 18 heavy (non-hydrogen) atoms. The van der Waals surface area contributed by atoms with Crippen molar-refractivity contribution in [1.29, 1.82) is 0 Å². The maximum Gasteiger partial charge on any atom is 0.0809 e. The molecule has 90 valence electrons. The van der Waals surface area contributed by atoms with Gasteiger partial charge in [-0.15, -0.1) is 11.3 Å². The zero-order valence-electron chi connectivity index (χ0n) is 9.51. The number of halogens is 1. The Morgan fingerprint density at radius 1 is 1.17 bits per heavy atom. The van der Waals surface area contributed by atoms with Crippen LogP contribution in [-0.4, -0.2) is 4.98 Å². The molecule has 3 aromatic rings. The van der Waals surface area contributed by atoms with Crippen molar-refractivity contribution in [3.63, 3.8) is 0 Å². The maximum atomic E-state index is 6.25. The number of benzene rings is 1. The van der Waals surface area contributed by atoms with Crippen LogP contribution in [0.1, 0.15) is 17.2 Å². The lowest BCUT2D eigenvalue weighted by Crippen LogP contribution is -2.11. The second kappa shape index (κ2) is 4.69. The fourth-order valence-corrected chi connectivity index (χ4v) is 2.91. The number of thiophene rings is 1. The average Bonchev–Trinajstić information content (AvgIpc) is 2.85. The van der Waals surface area contributed by atoms with Gasteiger partial charge in [-0.1, -0.05) is 23.7 Å². The van der Waals surface area contributed by atoms with E-state index < -0.39 is 0 Å². The van der Waals surface area contributed by atoms with Crippen molar-refractivity contribution < 1.29 is 0 Å². The van der Waals surface area contributed by atoms with Gasteiger partial charge in [0, 0.05) is 11.2 Å². The van der Waals surface area contributed by atoms with Crippen LogP contribution >= 0.6 is 22.9 Å². The van der Waals surface area contributed by atoms with Gasteiger partial charge in [0.05, 0.1) is 16.3 Å². The minimum atomic E-state index is -0.192. The molecule has 1 aromatic carbocycles. The van der Waals surface area contributed by atoms with Gasteiger partial charge in [-0.25, -0.2) is 0 Å². The Bertz CT molecular complexity index is 693. The number of nitrogens with two attached hydrogens (primary N) is 1. The van der Waals surface area contributed by atoms with Crippen LogP contribution in [0.4, 0.5) is 0 Å². The summed E-state index contributed by atoms with van der Waals surface area (Å²) in [5.74, 6) is 0. The zero-order chi connectivity index (χ0) is 12.5. The second-order valence-electron chi connectivity index (χ2n) is 4.11. The molecule has 0 spiro atoms. The molecule has 0 aliphatic heterocycles. The van der Waals surface area contributed by atoms with E-state index in [0.29, 0.717) is 5.02 Å². The Labute approximate surface area is 114 Å². The standard InChI is InChI=1S/C14H11ClN2S/c15-11-3-1-2-9(6-11)14(16)10-7-13-12(17-8-10)4-5-18-13/h1-8,14H,16H2. The van der Waals surface area contributed by atoms with Gasteiger partial charge in [-0.05, 0) is 40.8 Å². The fourth-order valence-electron chi connectivity index (χ4n) is 1.92. The lowest BCUT2D eigenvalue weighted by Gasteiger charge is -2.12. The summed E-state index contributed by atoms with van der Waals surface area (Å²) in [4.78, 5) is 4.41. The van der Waals surface area contributed by atoms with Crippen molar-refractivity contribution in [3.05, 3.63) is 64.1 Å². The van der Waals surface area contributed by atoms with Crippen molar-refractivity contribution in [1.82, 2.24) is 4.98 Å². The van der Waals surface area contributed by atoms with Gasteiger partial charge in [0.15, 0.2) is 0 Å². The minimum absolute atomic E-state index is 0.192. The topological polar surface area (TPSA) is 38.9 Å². The lowest BCUT2D eigenvalue weighted by molar-refractivity contribution is 0.867. The minimum Gasteiger partial charge on any atom is -0.320 e. The molecule has 2 aromatic heterocycles. The average molecular weight is 275 g/mol. The van der Waals surface area contributed by atoms with E-state index in [1.54, 1.807) is 11.3 Å². The molecule has 1 unspecified atom stereocenters. The first-order valence-electron chi connectivity index (χ1n) is 5.58.